The smallest absolute Gasteiger partial charge is 0.267 e. The lowest BCUT2D eigenvalue weighted by Crippen LogP contribution is -2.21. The highest BCUT2D eigenvalue weighted by Crippen LogP contribution is 2.30. The van der Waals surface area contributed by atoms with Gasteiger partial charge in [-0.15, -0.1) is 0 Å². The fourth-order valence-corrected chi connectivity index (χ4v) is 2.73. The van der Waals surface area contributed by atoms with Crippen LogP contribution in [0.5, 0.6) is 0 Å². The largest absolute Gasteiger partial charge is 0.280 e. The molecule has 3 rings (SSSR count). The Hall–Kier alpha value is -2.10. The van der Waals surface area contributed by atoms with E-state index in [2.05, 4.69) is 5.10 Å². The van der Waals surface area contributed by atoms with Crippen LogP contribution in [0.4, 0.5) is 5.69 Å². The van der Waals surface area contributed by atoms with E-state index in [-0.39, 0.29) is 5.91 Å². The number of anilines is 1. The number of amides is 1. The Kier molecular flexibility index (Phi) is 4.01. The normalized spacial score (nSPS) is 16.3. The minimum absolute atomic E-state index is 0.195. The highest BCUT2D eigenvalue weighted by atomic mass is 35.5. The average molecular weight is 331 g/mol. The summed E-state index contributed by atoms with van der Waals surface area (Å²) in [6.07, 6.45) is 1.69. The summed E-state index contributed by atoms with van der Waals surface area (Å²) in [6, 6.07) is 14.5. The maximum absolute atomic E-state index is 12.6. The number of rotatable bonds is 2. The predicted molar refractivity (Wildman–Crippen MR) is 91.5 cm³/mol. The van der Waals surface area contributed by atoms with Gasteiger partial charge in [-0.25, -0.2) is 0 Å². The molecule has 0 saturated carbocycles. The molecule has 0 aromatic heterocycles. The van der Waals surface area contributed by atoms with Gasteiger partial charge in [0.05, 0.1) is 17.0 Å². The number of benzene rings is 2. The summed E-state index contributed by atoms with van der Waals surface area (Å²) in [5.41, 5.74) is 2.46. The first-order chi connectivity index (χ1) is 10.6. The second kappa shape index (κ2) is 5.95. The van der Waals surface area contributed by atoms with Gasteiger partial charge in [0, 0.05) is 15.6 Å². The zero-order valence-corrected chi connectivity index (χ0v) is 13.3. The van der Waals surface area contributed by atoms with Gasteiger partial charge in [0.2, 0.25) is 0 Å². The van der Waals surface area contributed by atoms with Crippen LogP contribution in [0.15, 0.2) is 59.2 Å². The first-order valence-corrected chi connectivity index (χ1v) is 7.44. The van der Waals surface area contributed by atoms with Crippen molar-refractivity contribution in [1.82, 2.24) is 0 Å². The molecule has 5 heteroatoms. The van der Waals surface area contributed by atoms with Gasteiger partial charge in [0.1, 0.15) is 0 Å². The molecule has 0 radical (unpaired) electrons. The zero-order valence-electron chi connectivity index (χ0n) is 11.8. The third kappa shape index (κ3) is 2.65. The lowest BCUT2D eigenvalue weighted by molar-refractivity contribution is -0.114. The second-order valence-corrected chi connectivity index (χ2v) is 5.65. The highest BCUT2D eigenvalue weighted by molar-refractivity contribution is 6.39. The number of halogens is 2. The molecule has 0 N–H and O–H groups in total. The van der Waals surface area contributed by atoms with E-state index in [0.717, 1.165) is 5.69 Å². The molecule has 1 aliphatic heterocycles. The van der Waals surface area contributed by atoms with Gasteiger partial charge in [0.15, 0.2) is 0 Å². The average Bonchev–Trinajstić information content (AvgIpc) is 2.79. The molecule has 0 fully saturated rings. The Bertz CT molecular complexity index is 777. The van der Waals surface area contributed by atoms with Gasteiger partial charge in [0.25, 0.3) is 5.91 Å². The summed E-state index contributed by atoms with van der Waals surface area (Å²) in [4.78, 5) is 12.6. The minimum atomic E-state index is -0.195. The van der Waals surface area contributed by atoms with Gasteiger partial charge in [-0.1, -0.05) is 47.5 Å². The van der Waals surface area contributed by atoms with Crippen LogP contribution < -0.4 is 5.01 Å². The van der Waals surface area contributed by atoms with E-state index in [4.69, 9.17) is 23.2 Å². The van der Waals surface area contributed by atoms with Crippen LogP contribution in [0.25, 0.3) is 6.08 Å². The van der Waals surface area contributed by atoms with Crippen LogP contribution in [0, 0.1) is 0 Å². The number of para-hydroxylation sites is 1. The molecule has 2 aromatic carbocycles. The molecule has 0 saturated heterocycles. The van der Waals surface area contributed by atoms with E-state index in [9.17, 15) is 4.79 Å². The number of carbonyl (C=O) groups is 1. The summed E-state index contributed by atoms with van der Waals surface area (Å²) >= 11 is 12.3. The monoisotopic (exact) mass is 330 g/mol. The van der Waals surface area contributed by atoms with E-state index in [1.807, 2.05) is 30.3 Å². The molecule has 0 spiro atoms. The van der Waals surface area contributed by atoms with Crippen LogP contribution in [0.2, 0.25) is 10.0 Å². The minimum Gasteiger partial charge on any atom is -0.267 e. The number of carbonyl (C=O) groups excluding carboxylic acids is 1. The van der Waals surface area contributed by atoms with Gasteiger partial charge in [-0.05, 0) is 37.3 Å². The van der Waals surface area contributed by atoms with Crippen molar-refractivity contribution in [1.29, 1.82) is 0 Å². The van der Waals surface area contributed by atoms with Crippen molar-refractivity contribution >= 4 is 46.6 Å². The lowest BCUT2D eigenvalue weighted by Gasteiger charge is -2.11. The summed E-state index contributed by atoms with van der Waals surface area (Å²) in [7, 11) is 0. The van der Waals surface area contributed by atoms with Crippen molar-refractivity contribution in [3.63, 3.8) is 0 Å². The lowest BCUT2D eigenvalue weighted by atomic mass is 10.1. The van der Waals surface area contributed by atoms with E-state index in [1.165, 1.54) is 5.01 Å². The summed E-state index contributed by atoms with van der Waals surface area (Å²) in [5.74, 6) is -0.195. The molecule has 0 bridgehead atoms. The molecule has 3 nitrogen and oxygen atoms in total. The first-order valence-electron chi connectivity index (χ1n) is 6.68. The molecular formula is C17H12Cl2N2O. The summed E-state index contributed by atoms with van der Waals surface area (Å²) in [5, 5.41) is 6.70. The van der Waals surface area contributed by atoms with Crippen molar-refractivity contribution in [2.24, 2.45) is 5.10 Å². The van der Waals surface area contributed by atoms with Crippen LogP contribution >= 0.6 is 23.2 Å². The quantitative estimate of drug-likeness (QED) is 0.728. The van der Waals surface area contributed by atoms with Crippen LogP contribution in [0.1, 0.15) is 12.5 Å². The molecule has 2 aromatic rings. The molecule has 0 unspecified atom stereocenters. The molecule has 22 heavy (non-hydrogen) atoms. The van der Waals surface area contributed by atoms with E-state index in [0.29, 0.717) is 26.9 Å². The Morgan fingerprint density at radius 3 is 2.27 bits per heavy atom. The SMILES string of the molecule is CC1=NN(c2ccccc2)C(=O)/C1=C\c1c(Cl)cccc1Cl. The number of nitrogens with zero attached hydrogens (tertiary/aromatic N) is 2. The van der Waals surface area contributed by atoms with Gasteiger partial charge in [-0.2, -0.15) is 10.1 Å². The molecule has 1 amide bonds. The van der Waals surface area contributed by atoms with Gasteiger partial charge < -0.3 is 0 Å². The Morgan fingerprint density at radius 2 is 1.64 bits per heavy atom. The van der Waals surface area contributed by atoms with Crippen molar-refractivity contribution < 1.29 is 4.79 Å². The van der Waals surface area contributed by atoms with Crippen molar-refractivity contribution in [2.45, 2.75) is 6.92 Å². The van der Waals surface area contributed by atoms with Crippen LogP contribution in [-0.4, -0.2) is 11.6 Å². The second-order valence-electron chi connectivity index (χ2n) is 4.83. The Balaban J connectivity index is 2.02. The number of hydrogen-bond acceptors (Lipinski definition) is 2. The predicted octanol–water partition coefficient (Wildman–Crippen LogP) is 4.80. The third-order valence-electron chi connectivity index (χ3n) is 3.35. The van der Waals surface area contributed by atoms with Crippen molar-refractivity contribution in [2.75, 3.05) is 5.01 Å². The van der Waals surface area contributed by atoms with E-state index >= 15 is 0 Å². The maximum atomic E-state index is 12.6. The third-order valence-corrected chi connectivity index (χ3v) is 4.01. The standard InChI is InChI=1S/C17H12Cl2N2O/c1-11-13(10-14-15(18)8-5-9-16(14)19)17(22)21(20-11)12-6-3-2-4-7-12/h2-10H,1H3/b13-10-. The van der Waals surface area contributed by atoms with Crippen LogP contribution in [-0.2, 0) is 4.79 Å². The number of hydrazone groups is 1. The topological polar surface area (TPSA) is 32.7 Å². The number of hydrogen-bond donors (Lipinski definition) is 0. The fraction of sp³-hybridized carbons (Fsp3) is 0.0588. The van der Waals surface area contributed by atoms with E-state index in [1.54, 1.807) is 31.2 Å². The highest BCUT2D eigenvalue weighted by Gasteiger charge is 2.28. The fourth-order valence-electron chi connectivity index (χ4n) is 2.22. The molecule has 0 atom stereocenters. The Labute approximate surface area is 138 Å². The first kappa shape index (κ1) is 14.8. The molecule has 110 valence electrons. The van der Waals surface area contributed by atoms with E-state index < -0.39 is 0 Å². The van der Waals surface area contributed by atoms with Gasteiger partial charge in [-0.3, -0.25) is 4.79 Å². The molecule has 1 heterocycles. The van der Waals surface area contributed by atoms with Crippen LogP contribution in [0.3, 0.4) is 0 Å². The van der Waals surface area contributed by atoms with Gasteiger partial charge >= 0.3 is 0 Å². The van der Waals surface area contributed by atoms with Crippen molar-refractivity contribution in [3.8, 4) is 0 Å². The Morgan fingerprint density at radius 1 is 1.00 bits per heavy atom. The maximum Gasteiger partial charge on any atom is 0.280 e. The molecular weight excluding hydrogens is 319 g/mol. The summed E-state index contributed by atoms with van der Waals surface area (Å²) < 4.78 is 0. The van der Waals surface area contributed by atoms with Crippen molar-refractivity contribution in [3.05, 3.63) is 69.7 Å². The molecule has 1 aliphatic rings. The molecule has 0 aliphatic carbocycles. The summed E-state index contributed by atoms with van der Waals surface area (Å²) in [6.45, 7) is 1.79. The zero-order chi connectivity index (χ0) is 15.7.